The molecule has 3 nitrogen and oxygen atoms in total. The zero-order valence-electron chi connectivity index (χ0n) is 14.0. The first-order valence-electron chi connectivity index (χ1n) is 8.38. The first kappa shape index (κ1) is 17.0. The van der Waals surface area contributed by atoms with Crippen LogP contribution in [0.4, 0.5) is 13.2 Å². The molecule has 0 spiro atoms. The maximum Gasteiger partial charge on any atom is 0.391 e. The van der Waals surface area contributed by atoms with Gasteiger partial charge in [-0.3, -0.25) is 0 Å². The summed E-state index contributed by atoms with van der Waals surface area (Å²) < 4.78 is 40.0. The van der Waals surface area contributed by atoms with E-state index in [4.69, 9.17) is 0 Å². The van der Waals surface area contributed by atoms with Crippen molar-refractivity contribution in [2.75, 3.05) is 0 Å². The topological polar surface area (TPSA) is 30.7 Å². The number of rotatable bonds is 3. The number of hydrogen-bond acceptors (Lipinski definition) is 2. The molecule has 1 aliphatic rings. The third kappa shape index (κ3) is 3.97. The van der Waals surface area contributed by atoms with Crippen molar-refractivity contribution in [1.82, 2.24) is 14.8 Å². The van der Waals surface area contributed by atoms with Gasteiger partial charge in [-0.2, -0.15) is 18.3 Å². The zero-order chi connectivity index (χ0) is 17.3. The molecule has 1 saturated carbocycles. The summed E-state index contributed by atoms with van der Waals surface area (Å²) in [5.74, 6) is -0.0750. The fourth-order valence-electron chi connectivity index (χ4n) is 3.47. The highest BCUT2D eigenvalue weighted by Gasteiger charge is 2.41. The van der Waals surface area contributed by atoms with Crippen molar-refractivity contribution in [1.29, 1.82) is 0 Å². The van der Waals surface area contributed by atoms with Gasteiger partial charge in [-0.05, 0) is 75.6 Å². The molecule has 0 unspecified atom stereocenters. The molecule has 0 bridgehead atoms. The lowest BCUT2D eigenvalue weighted by Gasteiger charge is -2.29. The average molecular weight is 337 g/mol. The lowest BCUT2D eigenvalue weighted by Crippen LogP contribution is -2.28. The molecule has 2 heterocycles. The second-order valence-electron chi connectivity index (χ2n) is 6.86. The van der Waals surface area contributed by atoms with Gasteiger partial charge in [0.1, 0.15) is 0 Å². The van der Waals surface area contributed by atoms with Crippen LogP contribution in [0, 0.1) is 25.7 Å². The lowest BCUT2D eigenvalue weighted by atomic mass is 9.79. The summed E-state index contributed by atoms with van der Waals surface area (Å²) in [6.45, 7) is 3.93. The Labute approximate surface area is 139 Å². The van der Waals surface area contributed by atoms with Gasteiger partial charge in [0.25, 0.3) is 0 Å². The predicted octanol–water partition coefficient (Wildman–Crippen LogP) is 4.80. The Balaban J connectivity index is 1.69. The quantitative estimate of drug-likeness (QED) is 0.806. The summed E-state index contributed by atoms with van der Waals surface area (Å²) in [6, 6.07) is 5.91. The normalized spacial score (nSPS) is 21.9. The molecule has 2 aromatic heterocycles. The molecule has 24 heavy (non-hydrogen) atoms. The van der Waals surface area contributed by atoms with Gasteiger partial charge in [-0.25, -0.2) is 9.67 Å². The fraction of sp³-hybridized carbons (Fsp3) is 0.556. The number of halogens is 3. The molecular formula is C18H22F3N3. The van der Waals surface area contributed by atoms with E-state index in [0.717, 1.165) is 29.2 Å². The summed E-state index contributed by atoms with van der Waals surface area (Å²) in [7, 11) is 0. The number of aryl methyl sites for hydroxylation is 2. The predicted molar refractivity (Wildman–Crippen MR) is 86.0 cm³/mol. The van der Waals surface area contributed by atoms with Gasteiger partial charge in [0, 0.05) is 11.9 Å². The van der Waals surface area contributed by atoms with Crippen LogP contribution < -0.4 is 0 Å². The van der Waals surface area contributed by atoms with Crippen molar-refractivity contribution in [2.24, 2.45) is 11.8 Å². The molecule has 0 saturated heterocycles. The Bertz CT molecular complexity index is 698. The van der Waals surface area contributed by atoms with Gasteiger partial charge in [-0.15, -0.1) is 0 Å². The minimum absolute atomic E-state index is 0.241. The van der Waals surface area contributed by atoms with Gasteiger partial charge in [0.05, 0.1) is 11.6 Å². The summed E-state index contributed by atoms with van der Waals surface area (Å²) in [6.07, 6.45) is 0.287. The van der Waals surface area contributed by atoms with Crippen LogP contribution in [0.5, 0.6) is 0 Å². The van der Waals surface area contributed by atoms with E-state index in [1.165, 1.54) is 0 Å². The van der Waals surface area contributed by atoms with Crippen LogP contribution in [0.2, 0.25) is 0 Å². The molecule has 3 rings (SSSR count). The molecule has 0 N–H and O–H groups in total. The van der Waals surface area contributed by atoms with Crippen molar-refractivity contribution >= 4 is 0 Å². The van der Waals surface area contributed by atoms with Crippen molar-refractivity contribution < 1.29 is 13.2 Å². The van der Waals surface area contributed by atoms with Gasteiger partial charge in [0.2, 0.25) is 0 Å². The molecule has 1 fully saturated rings. The SMILES string of the molecule is Cc1cc(CC2CCC(C(F)(F)F)CC2)nc(-n2ccc(C)n2)c1. The monoisotopic (exact) mass is 337 g/mol. The highest BCUT2D eigenvalue weighted by Crippen LogP contribution is 2.40. The van der Waals surface area contributed by atoms with Crippen molar-refractivity contribution in [3.8, 4) is 5.82 Å². The molecule has 130 valence electrons. The summed E-state index contributed by atoms with van der Waals surface area (Å²) in [4.78, 5) is 4.66. The molecule has 2 aromatic rings. The van der Waals surface area contributed by atoms with E-state index in [1.807, 2.05) is 38.2 Å². The van der Waals surface area contributed by atoms with E-state index in [0.29, 0.717) is 12.8 Å². The third-order valence-electron chi connectivity index (χ3n) is 4.77. The van der Waals surface area contributed by atoms with Crippen LogP contribution >= 0.6 is 0 Å². The van der Waals surface area contributed by atoms with Crippen LogP contribution in [0.1, 0.15) is 42.6 Å². The van der Waals surface area contributed by atoms with Gasteiger partial charge >= 0.3 is 6.18 Å². The second-order valence-corrected chi connectivity index (χ2v) is 6.86. The molecule has 0 aromatic carbocycles. The molecule has 0 atom stereocenters. The van der Waals surface area contributed by atoms with Crippen LogP contribution in [0.15, 0.2) is 24.4 Å². The molecule has 0 aliphatic heterocycles. The maximum absolute atomic E-state index is 12.8. The van der Waals surface area contributed by atoms with Crippen LogP contribution in [-0.2, 0) is 6.42 Å². The number of alkyl halides is 3. The van der Waals surface area contributed by atoms with Gasteiger partial charge in [0.15, 0.2) is 5.82 Å². The van der Waals surface area contributed by atoms with Crippen molar-refractivity contribution in [2.45, 2.75) is 52.1 Å². The summed E-state index contributed by atoms with van der Waals surface area (Å²) in [5.41, 5.74) is 2.95. The Morgan fingerprint density at radius 3 is 2.42 bits per heavy atom. The minimum Gasteiger partial charge on any atom is -0.234 e. The van der Waals surface area contributed by atoms with E-state index in [-0.39, 0.29) is 18.8 Å². The first-order valence-corrected chi connectivity index (χ1v) is 8.38. The molecule has 0 amide bonds. The fourth-order valence-corrected chi connectivity index (χ4v) is 3.47. The maximum atomic E-state index is 12.8. The second kappa shape index (κ2) is 6.57. The Morgan fingerprint density at radius 1 is 1.12 bits per heavy atom. The lowest BCUT2D eigenvalue weighted by molar-refractivity contribution is -0.183. The summed E-state index contributed by atoms with van der Waals surface area (Å²) in [5, 5.41) is 4.38. The standard InChI is InChI=1S/C18H22F3N3/c1-12-9-16(22-17(10-12)24-8-7-13(2)23-24)11-14-3-5-15(6-4-14)18(19,20)21/h7-10,14-15H,3-6,11H2,1-2H3. The van der Waals surface area contributed by atoms with Crippen LogP contribution in [0.3, 0.4) is 0 Å². The largest absolute Gasteiger partial charge is 0.391 e. The Hall–Kier alpha value is -1.85. The van der Waals surface area contributed by atoms with E-state index in [1.54, 1.807) is 4.68 Å². The first-order chi connectivity index (χ1) is 11.3. The van der Waals surface area contributed by atoms with Crippen molar-refractivity contribution in [3.63, 3.8) is 0 Å². The summed E-state index contributed by atoms with van der Waals surface area (Å²) >= 11 is 0. The minimum atomic E-state index is -4.04. The van der Waals surface area contributed by atoms with Crippen molar-refractivity contribution in [3.05, 3.63) is 41.3 Å². The molecule has 1 aliphatic carbocycles. The highest BCUT2D eigenvalue weighted by molar-refractivity contribution is 5.30. The highest BCUT2D eigenvalue weighted by atomic mass is 19.4. The van der Waals surface area contributed by atoms with E-state index < -0.39 is 12.1 Å². The van der Waals surface area contributed by atoms with Gasteiger partial charge < -0.3 is 0 Å². The zero-order valence-corrected chi connectivity index (χ0v) is 14.0. The van der Waals surface area contributed by atoms with E-state index in [2.05, 4.69) is 10.1 Å². The smallest absolute Gasteiger partial charge is 0.234 e. The van der Waals surface area contributed by atoms with E-state index in [9.17, 15) is 13.2 Å². The number of pyridine rings is 1. The van der Waals surface area contributed by atoms with Crippen LogP contribution in [0.25, 0.3) is 5.82 Å². The number of aromatic nitrogens is 3. The number of hydrogen-bond donors (Lipinski definition) is 0. The molecular weight excluding hydrogens is 315 g/mol. The molecule has 0 radical (unpaired) electrons. The Morgan fingerprint density at radius 2 is 1.83 bits per heavy atom. The Kier molecular flexibility index (Phi) is 4.65. The van der Waals surface area contributed by atoms with E-state index >= 15 is 0 Å². The third-order valence-corrected chi connectivity index (χ3v) is 4.77. The molecule has 6 heteroatoms. The number of nitrogens with zero attached hydrogens (tertiary/aromatic N) is 3. The van der Waals surface area contributed by atoms with Gasteiger partial charge in [-0.1, -0.05) is 0 Å². The average Bonchev–Trinajstić information content (AvgIpc) is 2.93. The van der Waals surface area contributed by atoms with Crippen LogP contribution in [-0.4, -0.2) is 20.9 Å².